The van der Waals surface area contributed by atoms with Gasteiger partial charge in [0.15, 0.2) is 0 Å². The van der Waals surface area contributed by atoms with Crippen molar-refractivity contribution in [1.29, 1.82) is 0 Å². The molecule has 2 aliphatic rings. The summed E-state index contributed by atoms with van der Waals surface area (Å²) in [5.41, 5.74) is 1.52. The summed E-state index contributed by atoms with van der Waals surface area (Å²) in [6.07, 6.45) is 6.91. The van der Waals surface area contributed by atoms with Crippen LogP contribution in [0, 0.1) is 0 Å². The zero-order valence-corrected chi connectivity index (χ0v) is 13.8. The Hall–Kier alpha value is -0.510. The molecule has 4 unspecified atom stereocenters. The Morgan fingerprint density at radius 3 is 2.76 bits per heavy atom. The molecule has 3 rings (SSSR count). The van der Waals surface area contributed by atoms with E-state index in [2.05, 4.69) is 54.5 Å². The van der Waals surface area contributed by atoms with Crippen LogP contribution < -0.4 is 5.32 Å². The molecule has 2 fully saturated rings. The maximum atomic E-state index is 5.78. The third-order valence-corrected chi connectivity index (χ3v) is 6.47. The first kappa shape index (κ1) is 15.4. The number of hydrogen-bond acceptors (Lipinski definition) is 3. The summed E-state index contributed by atoms with van der Waals surface area (Å²) in [6.45, 7) is 0.970. The van der Waals surface area contributed by atoms with Crippen molar-refractivity contribution < 1.29 is 4.74 Å². The second-order valence-electron chi connectivity index (χ2n) is 6.32. The third-order valence-electron chi connectivity index (χ3n) is 4.95. The van der Waals surface area contributed by atoms with Gasteiger partial charge in [-0.05, 0) is 50.6 Å². The minimum Gasteiger partial charge on any atom is -0.377 e. The molecule has 1 N–H and O–H groups in total. The quantitative estimate of drug-likeness (QED) is 0.893. The van der Waals surface area contributed by atoms with Crippen LogP contribution in [0.25, 0.3) is 0 Å². The van der Waals surface area contributed by atoms with E-state index >= 15 is 0 Å². The zero-order valence-electron chi connectivity index (χ0n) is 13.0. The van der Waals surface area contributed by atoms with Crippen LogP contribution >= 0.6 is 11.8 Å². The van der Waals surface area contributed by atoms with E-state index in [0.717, 1.165) is 17.8 Å². The van der Waals surface area contributed by atoms with Gasteiger partial charge in [0.2, 0.25) is 0 Å². The first-order valence-corrected chi connectivity index (χ1v) is 9.37. The van der Waals surface area contributed by atoms with Gasteiger partial charge in [0.05, 0.1) is 6.10 Å². The van der Waals surface area contributed by atoms with E-state index in [-0.39, 0.29) is 0 Å². The highest BCUT2D eigenvalue weighted by molar-refractivity contribution is 8.00. The normalized spacial score (nSPS) is 33.2. The molecule has 0 bridgehead atoms. The van der Waals surface area contributed by atoms with Crippen LogP contribution in [0.15, 0.2) is 30.3 Å². The Morgan fingerprint density at radius 2 is 2.05 bits per heavy atom. The Balaban J connectivity index is 1.58. The lowest BCUT2D eigenvalue weighted by Gasteiger charge is -2.36. The van der Waals surface area contributed by atoms with E-state index in [4.69, 9.17) is 4.74 Å². The van der Waals surface area contributed by atoms with E-state index in [1.165, 1.54) is 43.4 Å². The zero-order chi connectivity index (χ0) is 14.5. The highest BCUT2D eigenvalue weighted by Gasteiger charge is 2.31. The summed E-state index contributed by atoms with van der Waals surface area (Å²) in [7, 11) is 2.12. The third kappa shape index (κ3) is 4.02. The molecular formula is C18H27NOS. The van der Waals surface area contributed by atoms with Gasteiger partial charge in [-0.2, -0.15) is 11.8 Å². The van der Waals surface area contributed by atoms with Gasteiger partial charge in [-0.3, -0.25) is 0 Å². The number of hydrogen-bond donors (Lipinski definition) is 1. The summed E-state index contributed by atoms with van der Waals surface area (Å²) >= 11 is 2.14. The van der Waals surface area contributed by atoms with Crippen LogP contribution in [0.4, 0.5) is 0 Å². The van der Waals surface area contributed by atoms with Crippen molar-refractivity contribution in [3.05, 3.63) is 35.9 Å². The van der Waals surface area contributed by atoms with Gasteiger partial charge in [-0.25, -0.2) is 0 Å². The molecule has 21 heavy (non-hydrogen) atoms. The Labute approximate surface area is 133 Å². The molecule has 1 aromatic carbocycles. The molecule has 0 amide bonds. The van der Waals surface area contributed by atoms with Gasteiger partial charge >= 0.3 is 0 Å². The smallest absolute Gasteiger partial charge is 0.0666 e. The standard InChI is InChI=1S/C18H27NOS/c1-19-17-10-9-15(14-6-3-2-4-7-14)12-18(17)21-13-16-8-5-11-20-16/h2-4,6-7,15-19H,5,8-13H2,1H3. The van der Waals surface area contributed by atoms with Gasteiger partial charge in [0, 0.05) is 23.7 Å². The maximum Gasteiger partial charge on any atom is 0.0666 e. The summed E-state index contributed by atoms with van der Waals surface area (Å²) in [5.74, 6) is 1.91. The minimum atomic E-state index is 0.504. The molecule has 1 saturated heterocycles. The predicted molar refractivity (Wildman–Crippen MR) is 91.1 cm³/mol. The number of thioether (sulfide) groups is 1. The highest BCUT2D eigenvalue weighted by Crippen LogP contribution is 2.38. The van der Waals surface area contributed by atoms with E-state index < -0.39 is 0 Å². The lowest BCUT2D eigenvalue weighted by molar-refractivity contribution is 0.128. The van der Waals surface area contributed by atoms with Crippen molar-refractivity contribution in [3.63, 3.8) is 0 Å². The molecule has 3 heteroatoms. The Kier molecular flexibility index (Phi) is 5.61. The van der Waals surface area contributed by atoms with Crippen molar-refractivity contribution in [2.75, 3.05) is 19.4 Å². The van der Waals surface area contributed by atoms with Gasteiger partial charge in [0.1, 0.15) is 0 Å². The number of ether oxygens (including phenoxy) is 1. The first-order chi connectivity index (χ1) is 10.4. The highest BCUT2D eigenvalue weighted by atomic mass is 32.2. The van der Waals surface area contributed by atoms with Crippen LogP contribution in [0.2, 0.25) is 0 Å². The maximum absolute atomic E-state index is 5.78. The van der Waals surface area contributed by atoms with E-state index in [1.807, 2.05) is 0 Å². The van der Waals surface area contributed by atoms with E-state index in [9.17, 15) is 0 Å². The molecule has 4 atom stereocenters. The molecule has 1 heterocycles. The van der Waals surface area contributed by atoms with Crippen molar-refractivity contribution in [2.24, 2.45) is 0 Å². The molecule has 1 aromatic rings. The topological polar surface area (TPSA) is 21.3 Å². The number of rotatable bonds is 5. The fourth-order valence-corrected chi connectivity index (χ4v) is 5.28. The second kappa shape index (κ2) is 7.66. The average molecular weight is 305 g/mol. The van der Waals surface area contributed by atoms with Crippen molar-refractivity contribution in [2.45, 2.75) is 55.4 Å². The van der Waals surface area contributed by atoms with Crippen LogP contribution in [0.1, 0.15) is 43.6 Å². The number of benzene rings is 1. The molecule has 0 spiro atoms. The fourth-order valence-electron chi connectivity index (χ4n) is 3.68. The summed E-state index contributed by atoms with van der Waals surface area (Å²) in [5, 5.41) is 4.26. The Bertz CT molecular complexity index is 418. The van der Waals surface area contributed by atoms with E-state index in [0.29, 0.717) is 12.1 Å². The molecule has 2 nitrogen and oxygen atoms in total. The molecule has 0 radical (unpaired) electrons. The first-order valence-electron chi connectivity index (χ1n) is 8.32. The molecule has 116 valence electrons. The summed E-state index contributed by atoms with van der Waals surface area (Å²) in [4.78, 5) is 0. The van der Waals surface area contributed by atoms with E-state index in [1.54, 1.807) is 0 Å². The SMILES string of the molecule is CNC1CCC(c2ccccc2)CC1SCC1CCCO1. The van der Waals surface area contributed by atoms with Crippen LogP contribution in [0.3, 0.4) is 0 Å². The molecular weight excluding hydrogens is 278 g/mol. The Morgan fingerprint density at radius 1 is 1.19 bits per heavy atom. The van der Waals surface area contributed by atoms with Crippen LogP contribution in [-0.4, -0.2) is 36.8 Å². The monoisotopic (exact) mass is 305 g/mol. The van der Waals surface area contributed by atoms with Crippen molar-refractivity contribution in [3.8, 4) is 0 Å². The lowest BCUT2D eigenvalue weighted by atomic mass is 9.81. The van der Waals surface area contributed by atoms with Gasteiger partial charge in [0.25, 0.3) is 0 Å². The number of nitrogens with one attached hydrogen (secondary N) is 1. The molecule has 1 aliphatic carbocycles. The second-order valence-corrected chi connectivity index (χ2v) is 7.59. The molecule has 1 saturated carbocycles. The lowest BCUT2D eigenvalue weighted by Crippen LogP contribution is -2.40. The predicted octanol–water partition coefficient (Wildman–Crippen LogP) is 3.82. The van der Waals surface area contributed by atoms with Gasteiger partial charge in [-0.1, -0.05) is 30.3 Å². The average Bonchev–Trinajstić information content (AvgIpc) is 3.07. The van der Waals surface area contributed by atoms with Crippen LogP contribution in [-0.2, 0) is 4.74 Å². The largest absolute Gasteiger partial charge is 0.377 e. The van der Waals surface area contributed by atoms with Crippen molar-refractivity contribution >= 4 is 11.8 Å². The minimum absolute atomic E-state index is 0.504. The van der Waals surface area contributed by atoms with Crippen LogP contribution in [0.5, 0.6) is 0 Å². The van der Waals surface area contributed by atoms with Gasteiger partial charge < -0.3 is 10.1 Å². The molecule has 1 aliphatic heterocycles. The fraction of sp³-hybridized carbons (Fsp3) is 0.667. The molecule has 0 aromatic heterocycles. The van der Waals surface area contributed by atoms with Gasteiger partial charge in [-0.15, -0.1) is 0 Å². The van der Waals surface area contributed by atoms with Crippen molar-refractivity contribution in [1.82, 2.24) is 5.32 Å². The summed E-state index contributed by atoms with van der Waals surface area (Å²) < 4.78 is 5.78. The summed E-state index contributed by atoms with van der Waals surface area (Å²) in [6, 6.07) is 11.7.